The minimum absolute atomic E-state index is 0.136. The van der Waals surface area contributed by atoms with Gasteiger partial charge in [0.25, 0.3) is 0 Å². The van der Waals surface area contributed by atoms with Gasteiger partial charge >= 0.3 is 11.9 Å². The second kappa shape index (κ2) is 7.80. The molecule has 22 heavy (non-hydrogen) atoms. The van der Waals surface area contributed by atoms with E-state index in [2.05, 4.69) is 27.7 Å². The average Bonchev–Trinajstić information content (AvgIpc) is 2.35. The molecule has 0 aromatic carbocycles. The van der Waals surface area contributed by atoms with Crippen molar-refractivity contribution in [3.63, 3.8) is 0 Å². The van der Waals surface area contributed by atoms with Crippen LogP contribution in [-0.2, 0) is 14.3 Å². The van der Waals surface area contributed by atoms with Crippen molar-refractivity contribution in [3.05, 3.63) is 12.2 Å². The Labute approximate surface area is 133 Å². The van der Waals surface area contributed by atoms with Crippen molar-refractivity contribution in [2.24, 2.45) is 29.1 Å². The predicted molar refractivity (Wildman–Crippen MR) is 86.3 cm³/mol. The number of rotatable bonds is 6. The number of carboxylic acids is 1. The molecule has 4 unspecified atom stereocenters. The van der Waals surface area contributed by atoms with E-state index in [4.69, 9.17) is 4.74 Å². The zero-order chi connectivity index (χ0) is 16.9. The highest BCUT2D eigenvalue weighted by Crippen LogP contribution is 2.32. The fourth-order valence-electron chi connectivity index (χ4n) is 3.33. The van der Waals surface area contributed by atoms with Crippen LogP contribution in [0.3, 0.4) is 0 Å². The fourth-order valence-corrected chi connectivity index (χ4v) is 3.33. The first-order valence-corrected chi connectivity index (χ1v) is 8.18. The summed E-state index contributed by atoms with van der Waals surface area (Å²) in [7, 11) is 0. The van der Waals surface area contributed by atoms with E-state index in [1.54, 1.807) is 0 Å². The molecule has 0 heterocycles. The van der Waals surface area contributed by atoms with Gasteiger partial charge in [0.1, 0.15) is 0 Å². The molecular weight excluding hydrogens is 280 g/mol. The van der Waals surface area contributed by atoms with Gasteiger partial charge in [0, 0.05) is 0 Å². The number of carbonyl (C=O) groups is 2. The van der Waals surface area contributed by atoms with Gasteiger partial charge in [-0.15, -0.1) is 0 Å². The van der Waals surface area contributed by atoms with Crippen LogP contribution in [0.25, 0.3) is 0 Å². The molecule has 0 amide bonds. The van der Waals surface area contributed by atoms with Crippen LogP contribution < -0.4 is 0 Å². The summed E-state index contributed by atoms with van der Waals surface area (Å²) >= 11 is 0. The van der Waals surface area contributed by atoms with Gasteiger partial charge in [-0.25, -0.2) is 0 Å². The molecule has 0 saturated heterocycles. The third-order valence-electron chi connectivity index (χ3n) is 4.23. The predicted octanol–water partition coefficient (Wildman–Crippen LogP) is 3.91. The highest BCUT2D eigenvalue weighted by atomic mass is 16.5. The van der Waals surface area contributed by atoms with Gasteiger partial charge in [0.2, 0.25) is 0 Å². The quantitative estimate of drug-likeness (QED) is 0.597. The van der Waals surface area contributed by atoms with E-state index in [-0.39, 0.29) is 17.3 Å². The highest BCUT2D eigenvalue weighted by molar-refractivity contribution is 5.82. The highest BCUT2D eigenvalue weighted by Gasteiger charge is 2.39. The van der Waals surface area contributed by atoms with Crippen LogP contribution in [-0.4, -0.2) is 23.7 Å². The third kappa shape index (κ3) is 5.82. The molecule has 0 spiro atoms. The van der Waals surface area contributed by atoms with Crippen LogP contribution in [0.5, 0.6) is 0 Å². The fraction of sp³-hybridized carbons (Fsp3) is 0.778. The first-order chi connectivity index (χ1) is 10.1. The van der Waals surface area contributed by atoms with Gasteiger partial charge in [0.05, 0.1) is 18.4 Å². The molecule has 0 aromatic heterocycles. The lowest BCUT2D eigenvalue weighted by Crippen LogP contribution is -2.36. The van der Waals surface area contributed by atoms with E-state index < -0.39 is 17.8 Å². The van der Waals surface area contributed by atoms with Gasteiger partial charge in [-0.05, 0) is 36.5 Å². The van der Waals surface area contributed by atoms with E-state index >= 15 is 0 Å². The van der Waals surface area contributed by atoms with Gasteiger partial charge < -0.3 is 9.84 Å². The second-order valence-corrected chi connectivity index (χ2v) is 7.82. The van der Waals surface area contributed by atoms with Crippen molar-refractivity contribution in [1.29, 1.82) is 0 Å². The van der Waals surface area contributed by atoms with E-state index in [0.717, 1.165) is 12.8 Å². The van der Waals surface area contributed by atoms with Crippen molar-refractivity contribution >= 4 is 11.9 Å². The number of carbonyl (C=O) groups excluding carboxylic acids is 1. The van der Waals surface area contributed by atoms with Gasteiger partial charge in [-0.2, -0.15) is 0 Å². The number of hydrogen-bond acceptors (Lipinski definition) is 3. The molecule has 1 aliphatic rings. The molecule has 0 aromatic rings. The summed E-state index contributed by atoms with van der Waals surface area (Å²) in [5.41, 5.74) is 0.265. The monoisotopic (exact) mass is 310 g/mol. The Hall–Kier alpha value is -1.32. The van der Waals surface area contributed by atoms with Crippen LogP contribution in [0.1, 0.15) is 53.9 Å². The first kappa shape index (κ1) is 18.7. The summed E-state index contributed by atoms with van der Waals surface area (Å²) < 4.78 is 5.36. The minimum atomic E-state index is -0.917. The molecule has 0 radical (unpaired) electrons. The lowest BCUT2D eigenvalue weighted by atomic mass is 9.76. The summed E-state index contributed by atoms with van der Waals surface area (Å²) in [4.78, 5) is 23.6. The molecule has 4 heteroatoms. The maximum Gasteiger partial charge on any atom is 0.310 e. The Morgan fingerprint density at radius 2 is 2.00 bits per heavy atom. The van der Waals surface area contributed by atoms with Crippen molar-refractivity contribution in [2.75, 3.05) is 6.61 Å². The summed E-state index contributed by atoms with van der Waals surface area (Å²) in [5, 5.41) is 9.33. The standard InChI is InChI=1S/C18H30O4/c1-12(11-18(3,4)5)9-10-22-17(21)14-8-6-7-13(2)15(14)16(19)20/h6-7,12-15H,8-11H2,1-5H3,(H,19,20). The molecule has 1 aliphatic carbocycles. The normalized spacial score (nSPS) is 26.5. The van der Waals surface area contributed by atoms with Crippen LogP contribution in [0.4, 0.5) is 0 Å². The van der Waals surface area contributed by atoms with Crippen LogP contribution in [0.15, 0.2) is 12.2 Å². The van der Waals surface area contributed by atoms with E-state index in [1.165, 1.54) is 0 Å². The SMILES string of the molecule is CC(CCOC(=O)C1CC=CC(C)C1C(=O)O)CC(C)(C)C. The summed E-state index contributed by atoms with van der Waals surface area (Å²) in [6, 6.07) is 0. The Morgan fingerprint density at radius 3 is 2.55 bits per heavy atom. The molecular formula is C18H30O4. The second-order valence-electron chi connectivity index (χ2n) is 7.82. The molecule has 4 atom stereocenters. The largest absolute Gasteiger partial charge is 0.481 e. The van der Waals surface area contributed by atoms with Crippen LogP contribution in [0, 0.1) is 29.1 Å². The van der Waals surface area contributed by atoms with Crippen LogP contribution >= 0.6 is 0 Å². The lowest BCUT2D eigenvalue weighted by molar-refractivity contribution is -0.159. The number of esters is 1. The average molecular weight is 310 g/mol. The van der Waals surface area contributed by atoms with Crippen molar-refractivity contribution in [2.45, 2.75) is 53.9 Å². The summed E-state index contributed by atoms with van der Waals surface area (Å²) in [6.45, 7) is 11.0. The molecule has 0 fully saturated rings. The maximum atomic E-state index is 12.2. The van der Waals surface area contributed by atoms with Gasteiger partial charge in [-0.1, -0.05) is 46.8 Å². The Morgan fingerprint density at radius 1 is 1.36 bits per heavy atom. The van der Waals surface area contributed by atoms with Crippen LogP contribution in [0.2, 0.25) is 0 Å². The Balaban J connectivity index is 2.48. The number of carboxylic acid groups (broad SMARTS) is 1. The molecule has 0 aliphatic heterocycles. The number of hydrogen-bond donors (Lipinski definition) is 1. The Kier molecular flexibility index (Phi) is 6.64. The number of ether oxygens (including phenoxy) is 1. The molecule has 0 bridgehead atoms. The Bertz CT molecular complexity index is 419. The third-order valence-corrected chi connectivity index (χ3v) is 4.23. The van der Waals surface area contributed by atoms with E-state index in [9.17, 15) is 14.7 Å². The van der Waals surface area contributed by atoms with Gasteiger partial charge in [-0.3, -0.25) is 9.59 Å². The molecule has 1 N–H and O–H groups in total. The molecule has 1 rings (SSSR count). The lowest BCUT2D eigenvalue weighted by Gasteiger charge is -2.28. The van der Waals surface area contributed by atoms with Gasteiger partial charge in [0.15, 0.2) is 0 Å². The summed E-state index contributed by atoms with van der Waals surface area (Å²) in [6.07, 6.45) is 6.11. The van der Waals surface area contributed by atoms with E-state index in [1.807, 2.05) is 19.1 Å². The van der Waals surface area contributed by atoms with Crippen molar-refractivity contribution in [1.82, 2.24) is 0 Å². The number of aliphatic carboxylic acids is 1. The molecule has 0 saturated carbocycles. The summed E-state index contributed by atoms with van der Waals surface area (Å²) in [5.74, 6) is -2.18. The maximum absolute atomic E-state index is 12.2. The topological polar surface area (TPSA) is 63.6 Å². The zero-order valence-electron chi connectivity index (χ0n) is 14.5. The van der Waals surface area contributed by atoms with E-state index in [0.29, 0.717) is 18.9 Å². The molecule has 4 nitrogen and oxygen atoms in total. The minimum Gasteiger partial charge on any atom is -0.481 e. The van der Waals surface area contributed by atoms with Crippen molar-refractivity contribution in [3.8, 4) is 0 Å². The molecule has 126 valence electrons. The zero-order valence-corrected chi connectivity index (χ0v) is 14.5. The van der Waals surface area contributed by atoms with Crippen molar-refractivity contribution < 1.29 is 19.4 Å². The number of allylic oxidation sites excluding steroid dienone is 2. The first-order valence-electron chi connectivity index (χ1n) is 8.18. The smallest absolute Gasteiger partial charge is 0.310 e.